The van der Waals surface area contributed by atoms with Gasteiger partial charge in [-0.25, -0.2) is 0 Å². The topological polar surface area (TPSA) is 101 Å². The molecule has 2 aromatic carbocycles. The minimum absolute atomic E-state index is 0.0474. The number of hydrogen-bond donors (Lipinski definition) is 2. The Bertz CT molecular complexity index is 770. The summed E-state index contributed by atoms with van der Waals surface area (Å²) in [4.78, 5) is 33.8. The van der Waals surface area contributed by atoms with E-state index in [9.17, 15) is 19.7 Å². The molecule has 2 aromatic rings. The molecule has 130 valence electrons. The summed E-state index contributed by atoms with van der Waals surface area (Å²) >= 11 is 0. The van der Waals surface area contributed by atoms with Gasteiger partial charge < -0.3 is 10.6 Å². The van der Waals surface area contributed by atoms with Gasteiger partial charge in [0.05, 0.1) is 17.4 Å². The van der Waals surface area contributed by atoms with E-state index in [1.807, 2.05) is 31.2 Å². The molecule has 0 radical (unpaired) electrons. The molecule has 25 heavy (non-hydrogen) atoms. The monoisotopic (exact) mass is 341 g/mol. The van der Waals surface area contributed by atoms with Gasteiger partial charge in [-0.1, -0.05) is 29.8 Å². The number of amides is 2. The molecule has 0 aliphatic heterocycles. The third kappa shape index (κ3) is 5.42. The molecule has 0 saturated heterocycles. The second kappa shape index (κ2) is 8.05. The highest BCUT2D eigenvalue weighted by Crippen LogP contribution is 2.20. The molecule has 2 rings (SSSR count). The summed E-state index contributed by atoms with van der Waals surface area (Å²) < 4.78 is 0. The van der Waals surface area contributed by atoms with Crippen LogP contribution >= 0.6 is 0 Å². The Hall–Kier alpha value is -3.22. The van der Waals surface area contributed by atoms with E-state index in [1.165, 1.54) is 31.2 Å². The SMILES string of the molecule is CC(=O)NC(CC(=O)Nc1ccc([N+](=O)[O-])cc1)c1ccc(C)cc1. The van der Waals surface area contributed by atoms with E-state index in [0.717, 1.165) is 11.1 Å². The van der Waals surface area contributed by atoms with Gasteiger partial charge in [0.15, 0.2) is 0 Å². The maximum Gasteiger partial charge on any atom is 0.269 e. The lowest BCUT2D eigenvalue weighted by Gasteiger charge is -2.18. The predicted octanol–water partition coefficient (Wildman–Crippen LogP) is 3.11. The van der Waals surface area contributed by atoms with Gasteiger partial charge in [-0.15, -0.1) is 0 Å². The van der Waals surface area contributed by atoms with Crippen LogP contribution in [-0.4, -0.2) is 16.7 Å². The average molecular weight is 341 g/mol. The van der Waals surface area contributed by atoms with Crippen LogP contribution in [0.1, 0.15) is 30.5 Å². The Kier molecular flexibility index (Phi) is 5.84. The van der Waals surface area contributed by atoms with E-state index in [2.05, 4.69) is 10.6 Å². The number of rotatable bonds is 6. The molecule has 0 heterocycles. The Morgan fingerprint density at radius 2 is 1.68 bits per heavy atom. The highest BCUT2D eigenvalue weighted by Gasteiger charge is 2.17. The fourth-order valence-corrected chi connectivity index (χ4v) is 2.36. The van der Waals surface area contributed by atoms with E-state index in [0.29, 0.717) is 5.69 Å². The number of benzene rings is 2. The van der Waals surface area contributed by atoms with Gasteiger partial charge in [-0.3, -0.25) is 19.7 Å². The number of aryl methyl sites for hydroxylation is 1. The molecule has 0 spiro atoms. The maximum absolute atomic E-state index is 12.3. The molecule has 0 saturated carbocycles. The van der Waals surface area contributed by atoms with E-state index in [-0.39, 0.29) is 23.9 Å². The van der Waals surface area contributed by atoms with E-state index < -0.39 is 11.0 Å². The Labute approximate surface area is 145 Å². The molecule has 0 aliphatic rings. The van der Waals surface area contributed by atoms with Crippen LogP contribution in [0.2, 0.25) is 0 Å². The van der Waals surface area contributed by atoms with Crippen molar-refractivity contribution in [3.8, 4) is 0 Å². The third-order valence-electron chi connectivity index (χ3n) is 3.61. The fourth-order valence-electron chi connectivity index (χ4n) is 2.36. The maximum atomic E-state index is 12.3. The average Bonchev–Trinajstić information content (AvgIpc) is 2.55. The summed E-state index contributed by atoms with van der Waals surface area (Å²) in [6, 6.07) is 12.7. The summed E-state index contributed by atoms with van der Waals surface area (Å²) in [5, 5.41) is 16.1. The Morgan fingerprint density at radius 3 is 2.20 bits per heavy atom. The minimum Gasteiger partial charge on any atom is -0.349 e. The van der Waals surface area contributed by atoms with Crippen molar-refractivity contribution < 1.29 is 14.5 Å². The van der Waals surface area contributed by atoms with Gasteiger partial charge in [0.1, 0.15) is 0 Å². The number of non-ortho nitro benzene ring substituents is 1. The zero-order valence-electron chi connectivity index (χ0n) is 14.0. The largest absolute Gasteiger partial charge is 0.349 e. The molecule has 2 N–H and O–H groups in total. The summed E-state index contributed by atoms with van der Waals surface area (Å²) in [6.45, 7) is 3.36. The van der Waals surface area contributed by atoms with Crippen LogP contribution in [0.4, 0.5) is 11.4 Å². The van der Waals surface area contributed by atoms with Gasteiger partial charge in [-0.05, 0) is 24.6 Å². The number of carbonyl (C=O) groups excluding carboxylic acids is 2. The predicted molar refractivity (Wildman–Crippen MR) is 94.1 cm³/mol. The highest BCUT2D eigenvalue weighted by molar-refractivity contribution is 5.91. The van der Waals surface area contributed by atoms with Crippen LogP contribution in [0.15, 0.2) is 48.5 Å². The second-order valence-electron chi connectivity index (χ2n) is 5.72. The van der Waals surface area contributed by atoms with Gasteiger partial charge in [0.25, 0.3) is 5.69 Å². The summed E-state index contributed by atoms with van der Waals surface area (Å²) in [6.07, 6.45) is 0.0552. The number of nitro groups is 1. The van der Waals surface area contributed by atoms with Crippen LogP contribution in [0, 0.1) is 17.0 Å². The number of hydrogen-bond acceptors (Lipinski definition) is 4. The van der Waals surface area contributed by atoms with Crippen molar-refractivity contribution in [3.05, 3.63) is 69.8 Å². The van der Waals surface area contributed by atoms with Crippen molar-refractivity contribution in [2.45, 2.75) is 26.3 Å². The zero-order chi connectivity index (χ0) is 18.4. The number of nitro benzene ring substituents is 1. The quantitative estimate of drug-likeness (QED) is 0.622. The van der Waals surface area contributed by atoms with Crippen molar-refractivity contribution in [1.82, 2.24) is 5.32 Å². The van der Waals surface area contributed by atoms with Crippen LogP contribution in [0.3, 0.4) is 0 Å². The van der Waals surface area contributed by atoms with Crippen LogP contribution in [0.5, 0.6) is 0 Å². The van der Waals surface area contributed by atoms with E-state index >= 15 is 0 Å². The Morgan fingerprint density at radius 1 is 1.08 bits per heavy atom. The van der Waals surface area contributed by atoms with Gasteiger partial charge in [0.2, 0.25) is 11.8 Å². The molecule has 0 fully saturated rings. The molecule has 0 bridgehead atoms. The smallest absolute Gasteiger partial charge is 0.269 e. The first-order valence-electron chi connectivity index (χ1n) is 7.73. The van der Waals surface area contributed by atoms with E-state index in [4.69, 9.17) is 0 Å². The minimum atomic E-state index is -0.504. The second-order valence-corrected chi connectivity index (χ2v) is 5.72. The van der Waals surface area contributed by atoms with Crippen LogP contribution < -0.4 is 10.6 Å². The van der Waals surface area contributed by atoms with Crippen molar-refractivity contribution in [3.63, 3.8) is 0 Å². The molecule has 0 aromatic heterocycles. The molecule has 7 heteroatoms. The molecular formula is C18H19N3O4. The zero-order valence-corrected chi connectivity index (χ0v) is 14.0. The van der Waals surface area contributed by atoms with Gasteiger partial charge in [0, 0.05) is 24.7 Å². The van der Waals surface area contributed by atoms with Crippen molar-refractivity contribution in [1.29, 1.82) is 0 Å². The number of nitrogens with zero attached hydrogens (tertiary/aromatic N) is 1. The van der Waals surface area contributed by atoms with Gasteiger partial charge >= 0.3 is 0 Å². The van der Waals surface area contributed by atoms with Crippen molar-refractivity contribution in [2.24, 2.45) is 0 Å². The highest BCUT2D eigenvalue weighted by atomic mass is 16.6. The lowest BCUT2D eigenvalue weighted by atomic mass is 10.0. The standard InChI is InChI=1S/C18H19N3O4/c1-12-3-5-14(6-4-12)17(19-13(2)22)11-18(23)20-15-7-9-16(10-8-15)21(24)25/h3-10,17H,11H2,1-2H3,(H,19,22)(H,20,23). The van der Waals surface area contributed by atoms with Crippen LogP contribution in [0.25, 0.3) is 0 Å². The Balaban J connectivity index is 2.07. The number of anilines is 1. The lowest BCUT2D eigenvalue weighted by Crippen LogP contribution is -2.29. The third-order valence-corrected chi connectivity index (χ3v) is 3.61. The first kappa shape index (κ1) is 18.1. The number of nitrogens with one attached hydrogen (secondary N) is 2. The summed E-state index contributed by atoms with van der Waals surface area (Å²) in [5.74, 6) is -0.526. The van der Waals surface area contributed by atoms with Gasteiger partial charge in [-0.2, -0.15) is 0 Å². The molecule has 1 atom stereocenters. The van der Waals surface area contributed by atoms with Crippen LogP contribution in [-0.2, 0) is 9.59 Å². The van der Waals surface area contributed by atoms with E-state index in [1.54, 1.807) is 0 Å². The molecule has 7 nitrogen and oxygen atoms in total. The summed E-state index contributed by atoms with van der Waals surface area (Å²) in [7, 11) is 0. The molecule has 1 unspecified atom stereocenters. The first-order chi connectivity index (χ1) is 11.8. The lowest BCUT2D eigenvalue weighted by molar-refractivity contribution is -0.384. The van der Waals surface area contributed by atoms with Crippen molar-refractivity contribution >= 4 is 23.2 Å². The molecular weight excluding hydrogens is 322 g/mol. The molecule has 0 aliphatic carbocycles. The molecule has 2 amide bonds. The summed E-state index contributed by atoms with van der Waals surface area (Å²) in [5.41, 5.74) is 2.33. The fraction of sp³-hybridized carbons (Fsp3) is 0.222. The first-order valence-corrected chi connectivity index (χ1v) is 7.73. The normalized spacial score (nSPS) is 11.4. The van der Waals surface area contributed by atoms with Crippen molar-refractivity contribution in [2.75, 3.05) is 5.32 Å². The number of carbonyl (C=O) groups is 2.